The summed E-state index contributed by atoms with van der Waals surface area (Å²) < 4.78 is 39.0. The highest BCUT2D eigenvalue weighted by atomic mass is 32.2. The smallest absolute Gasteiger partial charge is 0.237 e. The van der Waals surface area contributed by atoms with Gasteiger partial charge in [0.15, 0.2) is 11.6 Å². The zero-order valence-electron chi connectivity index (χ0n) is 11.9. The second-order valence-corrected chi connectivity index (χ2v) is 5.53. The van der Waals surface area contributed by atoms with E-state index in [-0.39, 0.29) is 17.5 Å². The molecule has 2 rings (SSSR count). The van der Waals surface area contributed by atoms with Crippen molar-refractivity contribution >= 4 is 23.4 Å². The van der Waals surface area contributed by atoms with Crippen LogP contribution in [-0.2, 0) is 4.79 Å². The molecule has 0 saturated carbocycles. The highest BCUT2D eigenvalue weighted by molar-refractivity contribution is 8.00. The Morgan fingerprint density at radius 3 is 2.32 bits per heavy atom. The molecule has 0 radical (unpaired) electrons. The Morgan fingerprint density at radius 1 is 1.05 bits per heavy atom. The van der Waals surface area contributed by atoms with Crippen LogP contribution < -0.4 is 4.90 Å². The van der Waals surface area contributed by atoms with E-state index in [4.69, 9.17) is 0 Å². The van der Waals surface area contributed by atoms with Gasteiger partial charge in [-0.05, 0) is 43.3 Å². The van der Waals surface area contributed by atoms with Crippen LogP contribution >= 0.6 is 11.8 Å². The average molecular weight is 325 g/mol. The quantitative estimate of drug-likeness (QED) is 0.766. The number of anilines is 1. The first-order valence-electron chi connectivity index (χ1n) is 6.65. The fourth-order valence-electron chi connectivity index (χ4n) is 1.91. The molecule has 116 valence electrons. The molecule has 0 saturated heterocycles. The predicted octanol–water partition coefficient (Wildman–Crippen LogP) is 4.25. The van der Waals surface area contributed by atoms with E-state index in [1.165, 1.54) is 34.9 Å². The molecule has 2 aromatic carbocycles. The van der Waals surface area contributed by atoms with Crippen LogP contribution in [0, 0.1) is 17.5 Å². The Labute approximate surface area is 130 Å². The van der Waals surface area contributed by atoms with Crippen molar-refractivity contribution in [3.05, 3.63) is 59.9 Å². The third-order valence-electron chi connectivity index (χ3n) is 3.01. The molecular weight excluding hydrogens is 311 g/mol. The van der Waals surface area contributed by atoms with Gasteiger partial charge in [0.25, 0.3) is 0 Å². The fourth-order valence-corrected chi connectivity index (χ4v) is 2.68. The monoisotopic (exact) mass is 325 g/mol. The number of halogens is 3. The number of thioether (sulfide) groups is 1. The minimum absolute atomic E-state index is 0.123. The van der Waals surface area contributed by atoms with E-state index in [0.29, 0.717) is 12.2 Å². The Hall–Kier alpha value is -1.95. The van der Waals surface area contributed by atoms with Crippen LogP contribution in [0.2, 0.25) is 0 Å². The lowest BCUT2D eigenvalue weighted by Crippen LogP contribution is -2.32. The van der Waals surface area contributed by atoms with Crippen molar-refractivity contribution in [2.45, 2.75) is 11.8 Å². The maximum absolute atomic E-state index is 13.3. The van der Waals surface area contributed by atoms with Crippen molar-refractivity contribution in [1.29, 1.82) is 0 Å². The molecule has 0 unspecified atom stereocenters. The largest absolute Gasteiger partial charge is 0.312 e. The fraction of sp³-hybridized carbons (Fsp3) is 0.188. The standard InChI is InChI=1S/C16H14F3NOS/c1-2-20(12-5-8-14(18)15(19)9-12)16(21)10-22-13-6-3-11(17)4-7-13/h3-9H,2,10H2,1H3. The minimum Gasteiger partial charge on any atom is -0.312 e. The SMILES string of the molecule is CCN(C(=O)CSc1ccc(F)cc1)c1ccc(F)c(F)c1. The topological polar surface area (TPSA) is 20.3 Å². The Morgan fingerprint density at radius 2 is 1.73 bits per heavy atom. The van der Waals surface area contributed by atoms with Crippen LogP contribution in [-0.4, -0.2) is 18.2 Å². The van der Waals surface area contributed by atoms with E-state index < -0.39 is 11.6 Å². The van der Waals surface area contributed by atoms with Gasteiger partial charge in [-0.2, -0.15) is 0 Å². The van der Waals surface area contributed by atoms with E-state index in [9.17, 15) is 18.0 Å². The molecule has 2 aromatic rings. The summed E-state index contributed by atoms with van der Waals surface area (Å²) in [5, 5.41) is 0. The Balaban J connectivity index is 2.05. The number of benzene rings is 2. The second kappa shape index (κ2) is 7.35. The first kappa shape index (κ1) is 16.4. The highest BCUT2D eigenvalue weighted by Gasteiger charge is 2.16. The third-order valence-corrected chi connectivity index (χ3v) is 4.00. The molecule has 0 aliphatic carbocycles. The van der Waals surface area contributed by atoms with Crippen molar-refractivity contribution in [1.82, 2.24) is 0 Å². The van der Waals surface area contributed by atoms with Crippen molar-refractivity contribution in [3.63, 3.8) is 0 Å². The average Bonchev–Trinajstić information content (AvgIpc) is 2.51. The van der Waals surface area contributed by atoms with Gasteiger partial charge in [0.1, 0.15) is 5.82 Å². The van der Waals surface area contributed by atoms with Gasteiger partial charge in [-0.1, -0.05) is 0 Å². The second-order valence-electron chi connectivity index (χ2n) is 4.48. The lowest BCUT2D eigenvalue weighted by Gasteiger charge is -2.21. The molecule has 0 aromatic heterocycles. The van der Waals surface area contributed by atoms with Gasteiger partial charge in [0, 0.05) is 23.2 Å². The molecule has 0 heterocycles. The first-order valence-corrected chi connectivity index (χ1v) is 7.63. The maximum Gasteiger partial charge on any atom is 0.237 e. The zero-order chi connectivity index (χ0) is 16.1. The highest BCUT2D eigenvalue weighted by Crippen LogP contribution is 2.22. The van der Waals surface area contributed by atoms with Crippen LogP contribution in [0.5, 0.6) is 0 Å². The Bertz CT molecular complexity index is 661. The third kappa shape index (κ3) is 4.04. The summed E-state index contributed by atoms with van der Waals surface area (Å²) in [4.78, 5) is 14.4. The molecule has 2 nitrogen and oxygen atoms in total. The summed E-state index contributed by atoms with van der Waals surface area (Å²) >= 11 is 1.26. The van der Waals surface area contributed by atoms with Crippen LogP contribution in [0.4, 0.5) is 18.9 Å². The summed E-state index contributed by atoms with van der Waals surface area (Å²) in [6.45, 7) is 2.09. The van der Waals surface area contributed by atoms with Crippen LogP contribution in [0.1, 0.15) is 6.92 Å². The molecule has 22 heavy (non-hydrogen) atoms. The number of carbonyl (C=O) groups is 1. The molecule has 0 N–H and O–H groups in total. The van der Waals surface area contributed by atoms with Crippen LogP contribution in [0.15, 0.2) is 47.4 Å². The van der Waals surface area contributed by atoms with Crippen molar-refractivity contribution in [2.24, 2.45) is 0 Å². The van der Waals surface area contributed by atoms with Gasteiger partial charge in [-0.15, -0.1) is 11.8 Å². The summed E-state index contributed by atoms with van der Waals surface area (Å²) in [5.74, 6) is -2.39. The molecule has 6 heteroatoms. The molecular formula is C16H14F3NOS. The van der Waals surface area contributed by atoms with Gasteiger partial charge in [-0.25, -0.2) is 13.2 Å². The summed E-state index contributed by atoms with van der Waals surface area (Å²) in [5.41, 5.74) is 0.311. The van der Waals surface area contributed by atoms with E-state index >= 15 is 0 Å². The summed E-state index contributed by atoms with van der Waals surface area (Å²) in [6, 6.07) is 9.16. The Kier molecular flexibility index (Phi) is 5.49. The van der Waals surface area contributed by atoms with Crippen molar-refractivity contribution < 1.29 is 18.0 Å². The maximum atomic E-state index is 13.3. The van der Waals surface area contributed by atoms with Crippen molar-refractivity contribution in [3.8, 4) is 0 Å². The lowest BCUT2D eigenvalue weighted by atomic mass is 10.2. The molecule has 1 amide bonds. The van der Waals surface area contributed by atoms with Gasteiger partial charge in [0.05, 0.1) is 5.75 Å². The number of amides is 1. The number of rotatable bonds is 5. The number of carbonyl (C=O) groups excluding carboxylic acids is 1. The first-order chi connectivity index (χ1) is 10.5. The van der Waals surface area contributed by atoms with E-state index in [2.05, 4.69) is 0 Å². The number of hydrogen-bond acceptors (Lipinski definition) is 2. The van der Waals surface area contributed by atoms with E-state index in [0.717, 1.165) is 17.0 Å². The molecule has 0 atom stereocenters. The van der Waals surface area contributed by atoms with Gasteiger partial charge in [-0.3, -0.25) is 4.79 Å². The molecule has 0 spiro atoms. The lowest BCUT2D eigenvalue weighted by molar-refractivity contribution is -0.116. The normalized spacial score (nSPS) is 10.5. The molecule has 0 aliphatic rings. The summed E-state index contributed by atoms with van der Waals surface area (Å²) in [7, 11) is 0. The van der Waals surface area contributed by atoms with Crippen molar-refractivity contribution in [2.75, 3.05) is 17.2 Å². The minimum atomic E-state index is -0.991. The van der Waals surface area contributed by atoms with E-state index in [1.54, 1.807) is 19.1 Å². The van der Waals surface area contributed by atoms with Crippen LogP contribution in [0.3, 0.4) is 0 Å². The van der Waals surface area contributed by atoms with E-state index in [1.807, 2.05) is 0 Å². The molecule has 0 aliphatic heterocycles. The molecule has 0 fully saturated rings. The van der Waals surface area contributed by atoms with Gasteiger partial charge >= 0.3 is 0 Å². The van der Waals surface area contributed by atoms with Gasteiger partial charge < -0.3 is 4.90 Å². The number of nitrogens with zero attached hydrogens (tertiary/aromatic N) is 1. The van der Waals surface area contributed by atoms with Gasteiger partial charge in [0.2, 0.25) is 5.91 Å². The number of hydrogen-bond donors (Lipinski definition) is 0. The van der Waals surface area contributed by atoms with Crippen LogP contribution in [0.25, 0.3) is 0 Å². The summed E-state index contributed by atoms with van der Waals surface area (Å²) in [6.07, 6.45) is 0. The molecule has 0 bridgehead atoms. The zero-order valence-corrected chi connectivity index (χ0v) is 12.7. The predicted molar refractivity (Wildman–Crippen MR) is 81.5 cm³/mol.